The summed E-state index contributed by atoms with van der Waals surface area (Å²) in [5.41, 5.74) is 0.488. The number of para-hydroxylation sites is 1. The van der Waals surface area contributed by atoms with Gasteiger partial charge in [0.2, 0.25) is 11.8 Å². The number of carbonyl (C=O) groups excluding carboxylic acids is 2. The zero-order chi connectivity index (χ0) is 27.9. The van der Waals surface area contributed by atoms with Crippen molar-refractivity contribution in [3.8, 4) is 5.75 Å². The number of morpholine rings is 1. The molecule has 0 aliphatic carbocycles. The molecule has 4 atom stereocenters. The van der Waals surface area contributed by atoms with Crippen molar-refractivity contribution in [1.82, 2.24) is 15.5 Å². The molecular formula is C29H36Cl2N4O4. The lowest BCUT2D eigenvalue weighted by atomic mass is 9.62. The van der Waals surface area contributed by atoms with Gasteiger partial charge in [-0.1, -0.05) is 62.2 Å². The number of rotatable bonds is 6. The molecule has 39 heavy (non-hydrogen) atoms. The van der Waals surface area contributed by atoms with E-state index in [-0.39, 0.29) is 28.0 Å². The van der Waals surface area contributed by atoms with Gasteiger partial charge in [0.15, 0.2) is 0 Å². The van der Waals surface area contributed by atoms with Crippen LogP contribution in [-0.2, 0) is 19.7 Å². The molecule has 0 bridgehead atoms. The third-order valence-corrected chi connectivity index (χ3v) is 8.63. The van der Waals surface area contributed by atoms with Crippen molar-refractivity contribution in [2.75, 3.05) is 44.7 Å². The summed E-state index contributed by atoms with van der Waals surface area (Å²) in [5, 5.41) is 21.5. The Morgan fingerprint density at radius 1 is 1.21 bits per heavy atom. The number of amides is 2. The highest BCUT2D eigenvalue weighted by molar-refractivity contribution is 6.32. The van der Waals surface area contributed by atoms with E-state index in [9.17, 15) is 14.7 Å². The number of nitrogens with zero attached hydrogens (tertiary/aromatic N) is 1. The van der Waals surface area contributed by atoms with Crippen LogP contribution in [-0.4, -0.2) is 73.3 Å². The molecule has 3 heterocycles. The Hall–Kier alpha value is -2.36. The molecule has 0 saturated carbocycles. The van der Waals surface area contributed by atoms with Crippen LogP contribution in [0.25, 0.3) is 0 Å². The molecule has 2 saturated heterocycles. The van der Waals surface area contributed by atoms with E-state index >= 15 is 0 Å². The monoisotopic (exact) mass is 574 g/mol. The minimum absolute atomic E-state index is 0.122. The summed E-state index contributed by atoms with van der Waals surface area (Å²) < 4.78 is 5.42. The summed E-state index contributed by atoms with van der Waals surface area (Å²) in [6, 6.07) is 9.26. The number of anilines is 1. The van der Waals surface area contributed by atoms with Crippen molar-refractivity contribution in [3.63, 3.8) is 0 Å². The number of halogens is 2. The first-order valence-corrected chi connectivity index (χ1v) is 14.2. The fraction of sp³-hybridized carbons (Fsp3) is 0.517. The first kappa shape index (κ1) is 28.2. The Kier molecular flexibility index (Phi) is 7.87. The van der Waals surface area contributed by atoms with Crippen molar-refractivity contribution in [1.29, 1.82) is 0 Å². The Labute approximate surface area is 239 Å². The van der Waals surface area contributed by atoms with Crippen molar-refractivity contribution in [2.45, 2.75) is 50.6 Å². The van der Waals surface area contributed by atoms with Crippen LogP contribution in [0.5, 0.6) is 5.75 Å². The molecule has 2 amide bonds. The van der Waals surface area contributed by atoms with Crippen molar-refractivity contribution >= 4 is 40.7 Å². The van der Waals surface area contributed by atoms with E-state index in [1.807, 2.05) is 6.07 Å². The standard InChI is InChI=1S/C29H36Cl2N4O4/c1-28(2,3)16-22-29(19-8-7-17(30)15-21(19)33-27(29)38)23(18-5-4-6-20(31)25(18)36)24(34-22)26(37)32-9-10-35-11-13-39-14-12-35/h4-8,15,22-24,34,36H,9-14,16H2,1-3H3,(H,32,37)(H,33,38)/t22?,23-,24?,29?/m0/s1. The van der Waals surface area contributed by atoms with Crippen LogP contribution in [0.4, 0.5) is 5.69 Å². The molecule has 10 heteroatoms. The average molecular weight is 576 g/mol. The first-order valence-electron chi connectivity index (χ1n) is 13.4. The third kappa shape index (κ3) is 5.25. The van der Waals surface area contributed by atoms with Crippen LogP contribution in [0, 0.1) is 5.41 Å². The third-order valence-electron chi connectivity index (χ3n) is 8.09. The van der Waals surface area contributed by atoms with Gasteiger partial charge in [-0.05, 0) is 35.6 Å². The van der Waals surface area contributed by atoms with E-state index < -0.39 is 23.4 Å². The number of nitrogens with one attached hydrogen (secondary N) is 3. The van der Waals surface area contributed by atoms with Crippen LogP contribution in [0.1, 0.15) is 44.2 Å². The fourth-order valence-corrected chi connectivity index (χ4v) is 6.80. The lowest BCUT2D eigenvalue weighted by Gasteiger charge is -2.37. The highest BCUT2D eigenvalue weighted by Crippen LogP contribution is 2.58. The first-order chi connectivity index (χ1) is 18.5. The van der Waals surface area contributed by atoms with Crippen LogP contribution < -0.4 is 16.0 Å². The maximum absolute atomic E-state index is 14.2. The second kappa shape index (κ2) is 10.9. The Balaban J connectivity index is 1.59. The number of carbonyl (C=O) groups is 2. The predicted octanol–water partition coefficient (Wildman–Crippen LogP) is 3.90. The van der Waals surface area contributed by atoms with Crippen LogP contribution in [0.3, 0.4) is 0 Å². The van der Waals surface area contributed by atoms with E-state index in [0.717, 1.165) is 18.7 Å². The van der Waals surface area contributed by atoms with E-state index in [2.05, 4.69) is 41.6 Å². The van der Waals surface area contributed by atoms with E-state index in [4.69, 9.17) is 27.9 Å². The maximum atomic E-state index is 14.2. The molecule has 1 spiro atoms. The Bertz CT molecular complexity index is 1260. The van der Waals surface area contributed by atoms with Gasteiger partial charge in [0.25, 0.3) is 0 Å². The van der Waals surface area contributed by atoms with Gasteiger partial charge >= 0.3 is 0 Å². The van der Waals surface area contributed by atoms with Gasteiger partial charge in [-0.15, -0.1) is 0 Å². The highest BCUT2D eigenvalue weighted by atomic mass is 35.5. The van der Waals surface area contributed by atoms with Gasteiger partial charge in [-0.25, -0.2) is 0 Å². The number of phenols is 1. The quantitative estimate of drug-likeness (QED) is 0.417. The van der Waals surface area contributed by atoms with Crippen LogP contribution in [0.2, 0.25) is 10.0 Å². The number of ether oxygens (including phenoxy) is 1. The summed E-state index contributed by atoms with van der Waals surface area (Å²) in [6.45, 7) is 10.5. The van der Waals surface area contributed by atoms with Crippen LogP contribution >= 0.6 is 23.2 Å². The topological polar surface area (TPSA) is 103 Å². The van der Waals surface area contributed by atoms with Gasteiger partial charge in [-0.3, -0.25) is 14.5 Å². The molecule has 0 radical (unpaired) electrons. The van der Waals surface area contributed by atoms with Gasteiger partial charge in [0.1, 0.15) is 11.2 Å². The number of hydrogen-bond acceptors (Lipinski definition) is 6. The number of benzene rings is 2. The van der Waals surface area contributed by atoms with Crippen LogP contribution in [0.15, 0.2) is 36.4 Å². The van der Waals surface area contributed by atoms with Crippen molar-refractivity contribution in [3.05, 3.63) is 57.6 Å². The number of aromatic hydroxyl groups is 1. The molecule has 210 valence electrons. The molecule has 4 N–H and O–H groups in total. The van der Waals surface area contributed by atoms with Gasteiger partial charge in [-0.2, -0.15) is 0 Å². The largest absolute Gasteiger partial charge is 0.506 e. The Morgan fingerprint density at radius 2 is 1.95 bits per heavy atom. The number of phenolic OH excluding ortho intramolecular Hbond substituents is 1. The van der Waals surface area contributed by atoms with Gasteiger partial charge in [0.05, 0.1) is 24.3 Å². The summed E-state index contributed by atoms with van der Waals surface area (Å²) in [7, 11) is 0. The van der Waals surface area contributed by atoms with Gasteiger partial charge in [0, 0.05) is 54.4 Å². The SMILES string of the molecule is CC(C)(C)CC1NC(C(=O)NCCN2CCOCC2)[C@H](c2cccc(Cl)c2O)C12C(=O)Nc1cc(Cl)ccc12. The second-order valence-corrected chi connectivity index (χ2v) is 12.7. The fourth-order valence-electron chi connectivity index (χ4n) is 6.45. The summed E-state index contributed by atoms with van der Waals surface area (Å²) >= 11 is 12.7. The lowest BCUT2D eigenvalue weighted by molar-refractivity contribution is -0.124. The maximum Gasteiger partial charge on any atom is 0.237 e. The molecular weight excluding hydrogens is 539 g/mol. The number of hydrogen-bond donors (Lipinski definition) is 4. The zero-order valence-electron chi connectivity index (χ0n) is 22.5. The molecule has 3 aliphatic rings. The van der Waals surface area contributed by atoms with Gasteiger partial charge < -0.3 is 25.8 Å². The van der Waals surface area contributed by atoms with E-state index in [1.54, 1.807) is 30.3 Å². The molecule has 5 rings (SSSR count). The second-order valence-electron chi connectivity index (χ2n) is 11.9. The molecule has 2 fully saturated rings. The molecule has 0 aromatic heterocycles. The molecule has 2 aromatic rings. The summed E-state index contributed by atoms with van der Waals surface area (Å²) in [6.07, 6.45) is 0.609. The predicted molar refractivity (Wildman–Crippen MR) is 153 cm³/mol. The van der Waals surface area contributed by atoms with Crippen molar-refractivity contribution in [2.24, 2.45) is 5.41 Å². The smallest absolute Gasteiger partial charge is 0.237 e. The molecule has 3 aliphatic heterocycles. The Morgan fingerprint density at radius 3 is 2.67 bits per heavy atom. The minimum Gasteiger partial charge on any atom is -0.506 e. The number of fused-ring (bicyclic) bond motifs is 2. The van der Waals surface area contributed by atoms with E-state index in [1.165, 1.54) is 0 Å². The average Bonchev–Trinajstić information content (AvgIpc) is 3.35. The lowest BCUT2D eigenvalue weighted by Crippen LogP contribution is -2.49. The van der Waals surface area contributed by atoms with E-state index in [0.29, 0.717) is 49.0 Å². The van der Waals surface area contributed by atoms with Crippen molar-refractivity contribution < 1.29 is 19.4 Å². The minimum atomic E-state index is -1.18. The molecule has 8 nitrogen and oxygen atoms in total. The normalized spacial score (nSPS) is 27.0. The summed E-state index contributed by atoms with van der Waals surface area (Å²) in [4.78, 5) is 30.3. The molecule has 3 unspecified atom stereocenters. The summed E-state index contributed by atoms with van der Waals surface area (Å²) in [5.74, 6) is -1.30. The molecule has 2 aromatic carbocycles. The highest BCUT2D eigenvalue weighted by Gasteiger charge is 2.66. The zero-order valence-corrected chi connectivity index (χ0v) is 24.0.